The maximum Gasteiger partial charge on any atom is 0.251 e. The third-order valence-electron chi connectivity index (χ3n) is 4.66. The Balaban J connectivity index is 1.40. The standard InChI is InChI=1S/C23H26N4O2/c1-17-8-6-9-19(14-17)23(29)25-15-22(28)24-13-7-10-20-16-27(26-18(20)2)21-11-4-3-5-12-21/h3-6,8-9,11-12,14,16H,7,10,13,15H2,1-2H3,(H,24,28)(H,25,29). The number of hydrogen-bond acceptors (Lipinski definition) is 3. The van der Waals surface area contributed by atoms with Crippen LogP contribution in [0.2, 0.25) is 0 Å². The number of aromatic nitrogens is 2. The van der Waals surface area contributed by atoms with E-state index in [1.165, 1.54) is 0 Å². The highest BCUT2D eigenvalue weighted by molar-refractivity contribution is 5.96. The molecule has 0 radical (unpaired) electrons. The van der Waals surface area contributed by atoms with Crippen LogP contribution in [0.1, 0.15) is 33.6 Å². The molecule has 2 N–H and O–H groups in total. The average molecular weight is 390 g/mol. The van der Waals surface area contributed by atoms with Crippen LogP contribution in [0.25, 0.3) is 5.69 Å². The molecule has 0 atom stereocenters. The normalized spacial score (nSPS) is 10.6. The minimum absolute atomic E-state index is 0.0300. The number of carbonyl (C=O) groups excluding carboxylic acids is 2. The quantitative estimate of drug-likeness (QED) is 0.581. The van der Waals surface area contributed by atoms with Crippen molar-refractivity contribution in [1.29, 1.82) is 0 Å². The van der Waals surface area contributed by atoms with Gasteiger partial charge in [-0.2, -0.15) is 5.10 Å². The van der Waals surface area contributed by atoms with Crippen LogP contribution in [0.3, 0.4) is 0 Å². The van der Waals surface area contributed by atoms with Crippen LogP contribution < -0.4 is 10.6 Å². The molecule has 0 unspecified atom stereocenters. The number of nitrogens with zero attached hydrogens (tertiary/aromatic N) is 2. The van der Waals surface area contributed by atoms with Gasteiger partial charge >= 0.3 is 0 Å². The maximum atomic E-state index is 12.1. The molecule has 1 heterocycles. The number of hydrogen-bond donors (Lipinski definition) is 2. The van der Waals surface area contributed by atoms with Crippen molar-refractivity contribution in [3.05, 3.63) is 83.2 Å². The van der Waals surface area contributed by atoms with Crippen molar-refractivity contribution in [2.75, 3.05) is 13.1 Å². The maximum absolute atomic E-state index is 12.1. The van der Waals surface area contributed by atoms with E-state index in [1.807, 2.05) is 67.2 Å². The Labute approximate surface area is 170 Å². The summed E-state index contributed by atoms with van der Waals surface area (Å²) in [6.45, 7) is 4.44. The van der Waals surface area contributed by atoms with Crippen molar-refractivity contribution in [3.63, 3.8) is 0 Å². The molecule has 0 spiro atoms. The number of rotatable bonds is 8. The van der Waals surface area contributed by atoms with E-state index in [0.717, 1.165) is 35.3 Å². The van der Waals surface area contributed by atoms with Gasteiger partial charge in [0.2, 0.25) is 5.91 Å². The summed E-state index contributed by atoms with van der Waals surface area (Å²) in [5.41, 5.74) is 4.75. The highest BCUT2D eigenvalue weighted by Gasteiger charge is 2.09. The summed E-state index contributed by atoms with van der Waals surface area (Å²) in [4.78, 5) is 24.0. The van der Waals surface area contributed by atoms with Gasteiger partial charge in [-0.05, 0) is 56.5 Å². The zero-order chi connectivity index (χ0) is 20.6. The molecule has 150 valence electrons. The van der Waals surface area contributed by atoms with Crippen LogP contribution in [0, 0.1) is 13.8 Å². The molecule has 3 rings (SSSR count). The van der Waals surface area contributed by atoms with Crippen LogP contribution >= 0.6 is 0 Å². The van der Waals surface area contributed by atoms with Crippen LogP contribution in [0.15, 0.2) is 60.8 Å². The second-order valence-corrected chi connectivity index (χ2v) is 7.03. The number of aryl methyl sites for hydroxylation is 3. The molecule has 6 heteroatoms. The first-order valence-corrected chi connectivity index (χ1v) is 9.75. The van der Waals surface area contributed by atoms with Crippen LogP contribution in [0.5, 0.6) is 0 Å². The highest BCUT2D eigenvalue weighted by atomic mass is 16.2. The zero-order valence-corrected chi connectivity index (χ0v) is 16.8. The van der Waals surface area contributed by atoms with Crippen LogP contribution in [-0.2, 0) is 11.2 Å². The Kier molecular flexibility index (Phi) is 6.79. The van der Waals surface area contributed by atoms with E-state index in [2.05, 4.69) is 15.7 Å². The fraction of sp³-hybridized carbons (Fsp3) is 0.261. The molecular formula is C23H26N4O2. The first kappa shape index (κ1) is 20.3. The SMILES string of the molecule is Cc1cccc(C(=O)NCC(=O)NCCCc2cn(-c3ccccc3)nc2C)c1. The molecule has 0 aliphatic carbocycles. The Morgan fingerprint density at radius 2 is 1.79 bits per heavy atom. The van der Waals surface area contributed by atoms with Crippen molar-refractivity contribution in [1.82, 2.24) is 20.4 Å². The molecule has 29 heavy (non-hydrogen) atoms. The summed E-state index contributed by atoms with van der Waals surface area (Å²) < 4.78 is 1.88. The van der Waals surface area contributed by atoms with E-state index in [0.29, 0.717) is 12.1 Å². The summed E-state index contributed by atoms with van der Waals surface area (Å²) in [5, 5.41) is 10.1. The molecule has 1 aromatic heterocycles. The lowest BCUT2D eigenvalue weighted by atomic mass is 10.1. The van der Waals surface area contributed by atoms with E-state index >= 15 is 0 Å². The number of para-hydroxylation sites is 1. The zero-order valence-electron chi connectivity index (χ0n) is 16.8. The number of amides is 2. The van der Waals surface area contributed by atoms with E-state index in [1.54, 1.807) is 12.1 Å². The van der Waals surface area contributed by atoms with Gasteiger partial charge in [0.1, 0.15) is 0 Å². The summed E-state index contributed by atoms with van der Waals surface area (Å²) in [7, 11) is 0. The molecule has 3 aromatic rings. The van der Waals surface area contributed by atoms with Crippen molar-refractivity contribution in [2.24, 2.45) is 0 Å². The molecule has 6 nitrogen and oxygen atoms in total. The van der Waals surface area contributed by atoms with E-state index in [4.69, 9.17) is 0 Å². The number of benzene rings is 2. The molecule has 0 saturated heterocycles. The van der Waals surface area contributed by atoms with Gasteiger partial charge in [-0.1, -0.05) is 35.9 Å². The van der Waals surface area contributed by atoms with Crippen molar-refractivity contribution >= 4 is 11.8 Å². The van der Waals surface area contributed by atoms with Gasteiger partial charge < -0.3 is 10.6 Å². The van der Waals surface area contributed by atoms with E-state index < -0.39 is 0 Å². The van der Waals surface area contributed by atoms with Gasteiger partial charge in [0, 0.05) is 18.3 Å². The van der Waals surface area contributed by atoms with Gasteiger partial charge in [-0.3, -0.25) is 9.59 Å². The fourth-order valence-corrected chi connectivity index (χ4v) is 3.07. The molecular weight excluding hydrogens is 364 g/mol. The Bertz CT molecular complexity index is 980. The van der Waals surface area contributed by atoms with Gasteiger partial charge in [0.25, 0.3) is 5.91 Å². The molecule has 2 aromatic carbocycles. The van der Waals surface area contributed by atoms with Crippen LogP contribution in [0.4, 0.5) is 0 Å². The average Bonchev–Trinajstić information content (AvgIpc) is 3.10. The van der Waals surface area contributed by atoms with Gasteiger partial charge in [-0.15, -0.1) is 0 Å². The summed E-state index contributed by atoms with van der Waals surface area (Å²) in [6, 6.07) is 17.3. The lowest BCUT2D eigenvalue weighted by Crippen LogP contribution is -2.37. The largest absolute Gasteiger partial charge is 0.355 e. The first-order chi connectivity index (χ1) is 14.0. The number of carbonyl (C=O) groups is 2. The third kappa shape index (κ3) is 5.78. The third-order valence-corrected chi connectivity index (χ3v) is 4.66. The predicted molar refractivity (Wildman–Crippen MR) is 113 cm³/mol. The second kappa shape index (κ2) is 9.68. The monoisotopic (exact) mass is 390 g/mol. The lowest BCUT2D eigenvalue weighted by Gasteiger charge is -2.07. The summed E-state index contributed by atoms with van der Waals surface area (Å²) in [5.74, 6) is -0.435. The molecule has 0 bridgehead atoms. The van der Waals surface area contributed by atoms with Crippen molar-refractivity contribution in [3.8, 4) is 5.69 Å². The van der Waals surface area contributed by atoms with Gasteiger partial charge in [0.15, 0.2) is 0 Å². The lowest BCUT2D eigenvalue weighted by molar-refractivity contribution is -0.120. The Hall–Kier alpha value is -3.41. The van der Waals surface area contributed by atoms with Crippen molar-refractivity contribution in [2.45, 2.75) is 26.7 Å². The first-order valence-electron chi connectivity index (χ1n) is 9.75. The Morgan fingerprint density at radius 1 is 1.00 bits per heavy atom. The predicted octanol–water partition coefficient (Wildman–Crippen LogP) is 2.97. The van der Waals surface area contributed by atoms with Gasteiger partial charge in [0.05, 0.1) is 17.9 Å². The molecule has 0 saturated carbocycles. The van der Waals surface area contributed by atoms with Crippen molar-refractivity contribution < 1.29 is 9.59 Å². The smallest absolute Gasteiger partial charge is 0.251 e. The Morgan fingerprint density at radius 3 is 2.55 bits per heavy atom. The highest BCUT2D eigenvalue weighted by Crippen LogP contribution is 2.13. The molecule has 0 aliphatic rings. The topological polar surface area (TPSA) is 76.0 Å². The molecule has 0 aliphatic heterocycles. The fourth-order valence-electron chi connectivity index (χ4n) is 3.07. The van der Waals surface area contributed by atoms with Gasteiger partial charge in [-0.25, -0.2) is 4.68 Å². The molecule has 0 fully saturated rings. The minimum atomic E-state index is -0.243. The van der Waals surface area contributed by atoms with E-state index in [-0.39, 0.29) is 18.4 Å². The molecule has 2 amide bonds. The number of nitrogens with one attached hydrogen (secondary N) is 2. The van der Waals surface area contributed by atoms with Crippen LogP contribution in [-0.4, -0.2) is 34.7 Å². The second-order valence-electron chi connectivity index (χ2n) is 7.03. The summed E-state index contributed by atoms with van der Waals surface area (Å²) in [6.07, 6.45) is 3.67. The minimum Gasteiger partial charge on any atom is -0.355 e. The summed E-state index contributed by atoms with van der Waals surface area (Å²) >= 11 is 0. The van der Waals surface area contributed by atoms with E-state index in [9.17, 15) is 9.59 Å².